The van der Waals surface area contributed by atoms with Crippen molar-refractivity contribution in [2.75, 3.05) is 25.0 Å². The van der Waals surface area contributed by atoms with Crippen molar-refractivity contribution in [1.82, 2.24) is 4.90 Å². The number of hydrogen-bond donors (Lipinski definition) is 1. The van der Waals surface area contributed by atoms with Gasteiger partial charge in [0.05, 0.1) is 19.2 Å². The Morgan fingerprint density at radius 3 is 2.94 bits per heavy atom. The summed E-state index contributed by atoms with van der Waals surface area (Å²) < 4.78 is 0.919. The van der Waals surface area contributed by atoms with Gasteiger partial charge in [-0.2, -0.15) is 5.26 Å². The molecule has 0 aliphatic heterocycles. The van der Waals surface area contributed by atoms with Gasteiger partial charge in [-0.05, 0) is 31.2 Å². The van der Waals surface area contributed by atoms with Crippen molar-refractivity contribution in [3.63, 3.8) is 0 Å². The molecular formula is C13H16BrN3O. The molecule has 0 aliphatic rings. The van der Waals surface area contributed by atoms with Gasteiger partial charge in [0.25, 0.3) is 0 Å². The molecule has 1 rings (SSSR count). The Morgan fingerprint density at radius 1 is 1.56 bits per heavy atom. The second-order valence-electron chi connectivity index (χ2n) is 3.93. The summed E-state index contributed by atoms with van der Waals surface area (Å²) in [4.78, 5) is 13.6. The lowest BCUT2D eigenvalue weighted by Gasteiger charge is -2.17. The fourth-order valence-electron chi connectivity index (χ4n) is 1.60. The zero-order valence-electron chi connectivity index (χ0n) is 10.3. The van der Waals surface area contributed by atoms with Crippen LogP contribution < -0.4 is 5.32 Å². The molecule has 0 aromatic heterocycles. The summed E-state index contributed by atoms with van der Waals surface area (Å²) in [5.41, 5.74) is 0.753. The van der Waals surface area contributed by atoms with Gasteiger partial charge in [0.15, 0.2) is 0 Å². The number of benzene rings is 1. The molecule has 96 valence electrons. The Bertz CT molecular complexity index is 442. The van der Waals surface area contributed by atoms with Crippen LogP contribution in [0.15, 0.2) is 28.7 Å². The van der Waals surface area contributed by atoms with Crippen molar-refractivity contribution < 1.29 is 4.79 Å². The molecule has 4 nitrogen and oxygen atoms in total. The van der Waals surface area contributed by atoms with Crippen LogP contribution >= 0.6 is 15.9 Å². The van der Waals surface area contributed by atoms with E-state index < -0.39 is 0 Å². The molecule has 5 heteroatoms. The molecular weight excluding hydrogens is 294 g/mol. The molecule has 0 spiro atoms. The maximum Gasteiger partial charge on any atom is 0.238 e. The summed E-state index contributed by atoms with van der Waals surface area (Å²) in [7, 11) is 0. The molecule has 0 radical (unpaired) electrons. The minimum atomic E-state index is -0.100. The predicted molar refractivity (Wildman–Crippen MR) is 75.1 cm³/mol. The lowest BCUT2D eigenvalue weighted by molar-refractivity contribution is -0.117. The number of nitrogens with zero attached hydrogens (tertiary/aromatic N) is 2. The van der Waals surface area contributed by atoms with E-state index in [2.05, 4.69) is 27.3 Å². The normalized spacial score (nSPS) is 10.1. The van der Waals surface area contributed by atoms with Crippen LogP contribution in [0.4, 0.5) is 5.69 Å². The molecule has 0 bridgehead atoms. The molecule has 1 aromatic rings. The number of carbonyl (C=O) groups excluding carboxylic acids is 1. The van der Waals surface area contributed by atoms with Crippen molar-refractivity contribution >= 4 is 27.5 Å². The molecule has 0 heterocycles. The standard InChI is InChI=1S/C13H16BrN3O/c1-2-7-17(8-6-15)10-13(18)16-12-5-3-4-11(14)9-12/h3-5,9H,2,7-8,10H2,1H3,(H,16,18). The number of nitriles is 1. The van der Waals surface area contributed by atoms with Crippen LogP contribution in [-0.2, 0) is 4.79 Å². The third kappa shape index (κ3) is 5.30. The van der Waals surface area contributed by atoms with Gasteiger partial charge in [0, 0.05) is 10.2 Å². The van der Waals surface area contributed by atoms with Crippen LogP contribution in [-0.4, -0.2) is 30.4 Å². The van der Waals surface area contributed by atoms with Crippen molar-refractivity contribution in [3.8, 4) is 6.07 Å². The molecule has 18 heavy (non-hydrogen) atoms. The van der Waals surface area contributed by atoms with Crippen LogP contribution in [0.3, 0.4) is 0 Å². The van der Waals surface area contributed by atoms with Crippen LogP contribution in [0, 0.1) is 11.3 Å². The first-order valence-corrected chi connectivity index (χ1v) is 6.59. The van der Waals surface area contributed by atoms with Gasteiger partial charge in [-0.15, -0.1) is 0 Å². The highest BCUT2D eigenvalue weighted by molar-refractivity contribution is 9.10. The van der Waals surface area contributed by atoms with Crippen LogP contribution in [0.25, 0.3) is 0 Å². The fraction of sp³-hybridized carbons (Fsp3) is 0.385. The van der Waals surface area contributed by atoms with E-state index in [4.69, 9.17) is 5.26 Å². The Labute approximate surface area is 116 Å². The summed E-state index contributed by atoms with van der Waals surface area (Å²) in [5, 5.41) is 11.5. The predicted octanol–water partition coefficient (Wildman–Crippen LogP) is 2.62. The van der Waals surface area contributed by atoms with Gasteiger partial charge < -0.3 is 5.32 Å². The number of rotatable bonds is 6. The smallest absolute Gasteiger partial charge is 0.238 e. The topological polar surface area (TPSA) is 56.1 Å². The van der Waals surface area contributed by atoms with Gasteiger partial charge >= 0.3 is 0 Å². The zero-order valence-corrected chi connectivity index (χ0v) is 11.9. The van der Waals surface area contributed by atoms with Gasteiger partial charge in [0.1, 0.15) is 0 Å². The largest absolute Gasteiger partial charge is 0.325 e. The van der Waals surface area contributed by atoms with E-state index in [9.17, 15) is 4.79 Å². The number of hydrogen-bond acceptors (Lipinski definition) is 3. The quantitative estimate of drug-likeness (QED) is 0.822. The SMILES string of the molecule is CCCN(CC#N)CC(=O)Nc1cccc(Br)c1. The average Bonchev–Trinajstić information content (AvgIpc) is 2.29. The summed E-state index contributed by atoms with van der Waals surface area (Å²) in [6.07, 6.45) is 0.922. The number of amides is 1. The Kier molecular flexibility index (Phi) is 6.40. The average molecular weight is 310 g/mol. The van der Waals surface area contributed by atoms with Gasteiger partial charge in [-0.3, -0.25) is 9.69 Å². The Morgan fingerprint density at radius 2 is 2.33 bits per heavy atom. The molecule has 0 saturated heterocycles. The van der Waals surface area contributed by atoms with Gasteiger partial charge in [-0.25, -0.2) is 0 Å². The van der Waals surface area contributed by atoms with E-state index in [0.717, 1.165) is 23.1 Å². The van der Waals surface area contributed by atoms with E-state index in [1.165, 1.54) is 0 Å². The van der Waals surface area contributed by atoms with Crippen molar-refractivity contribution in [3.05, 3.63) is 28.7 Å². The highest BCUT2D eigenvalue weighted by Crippen LogP contribution is 2.15. The molecule has 1 aromatic carbocycles. The Hall–Kier alpha value is -1.38. The molecule has 0 aliphatic carbocycles. The zero-order chi connectivity index (χ0) is 13.4. The first kappa shape index (κ1) is 14.7. The van der Waals surface area contributed by atoms with Crippen LogP contribution in [0.1, 0.15) is 13.3 Å². The van der Waals surface area contributed by atoms with Crippen molar-refractivity contribution in [1.29, 1.82) is 5.26 Å². The van der Waals surface area contributed by atoms with Crippen LogP contribution in [0.5, 0.6) is 0 Å². The maximum atomic E-state index is 11.8. The fourth-order valence-corrected chi connectivity index (χ4v) is 2.00. The maximum absolute atomic E-state index is 11.8. The van der Waals surface area contributed by atoms with Crippen molar-refractivity contribution in [2.24, 2.45) is 0 Å². The third-order valence-corrected chi connectivity index (χ3v) is 2.80. The van der Waals surface area contributed by atoms with E-state index in [1.807, 2.05) is 36.1 Å². The Balaban J connectivity index is 2.52. The van der Waals surface area contributed by atoms with Crippen molar-refractivity contribution in [2.45, 2.75) is 13.3 Å². The molecule has 1 N–H and O–H groups in total. The highest BCUT2D eigenvalue weighted by Gasteiger charge is 2.09. The van der Waals surface area contributed by atoms with Gasteiger partial charge in [0.2, 0.25) is 5.91 Å². The summed E-state index contributed by atoms with van der Waals surface area (Å²) >= 11 is 3.35. The van der Waals surface area contributed by atoms with Gasteiger partial charge in [-0.1, -0.05) is 28.9 Å². The highest BCUT2D eigenvalue weighted by atomic mass is 79.9. The summed E-state index contributed by atoms with van der Waals surface area (Å²) in [6.45, 7) is 3.30. The molecule has 0 fully saturated rings. The first-order chi connectivity index (χ1) is 8.65. The second kappa shape index (κ2) is 7.85. The van der Waals surface area contributed by atoms with E-state index in [-0.39, 0.29) is 19.0 Å². The number of nitrogens with one attached hydrogen (secondary N) is 1. The molecule has 0 atom stereocenters. The first-order valence-electron chi connectivity index (χ1n) is 5.80. The summed E-state index contributed by atoms with van der Waals surface area (Å²) in [5.74, 6) is -0.100. The van der Waals surface area contributed by atoms with E-state index >= 15 is 0 Å². The van der Waals surface area contributed by atoms with E-state index in [0.29, 0.717) is 0 Å². The minimum absolute atomic E-state index is 0.100. The van der Waals surface area contributed by atoms with E-state index in [1.54, 1.807) is 0 Å². The lowest BCUT2D eigenvalue weighted by atomic mass is 10.3. The molecule has 0 unspecified atom stereocenters. The lowest BCUT2D eigenvalue weighted by Crippen LogP contribution is -2.34. The third-order valence-electron chi connectivity index (χ3n) is 2.31. The second-order valence-corrected chi connectivity index (χ2v) is 4.84. The van der Waals surface area contributed by atoms with Crippen LogP contribution in [0.2, 0.25) is 0 Å². The monoisotopic (exact) mass is 309 g/mol. The number of halogens is 1. The number of carbonyl (C=O) groups is 1. The summed E-state index contributed by atoms with van der Waals surface area (Å²) in [6, 6.07) is 9.50. The molecule has 1 amide bonds. The number of anilines is 1. The molecule has 0 saturated carbocycles. The minimum Gasteiger partial charge on any atom is -0.325 e.